The molecule has 0 fully saturated rings. The first-order chi connectivity index (χ1) is 6.09. The van der Waals surface area contributed by atoms with Crippen LogP contribution in [0.25, 0.3) is 0 Å². The number of nitrogens with one attached hydrogen (secondary N) is 1. The van der Waals surface area contributed by atoms with E-state index in [-0.39, 0.29) is 5.11 Å². The molecule has 0 saturated heterocycles. The van der Waals surface area contributed by atoms with Crippen molar-refractivity contribution in [1.82, 2.24) is 5.32 Å². The molecule has 13 heavy (non-hydrogen) atoms. The molecule has 0 aromatic heterocycles. The summed E-state index contributed by atoms with van der Waals surface area (Å²) in [5.41, 5.74) is 6.26. The summed E-state index contributed by atoms with van der Waals surface area (Å²) in [5, 5.41) is 4.16. The van der Waals surface area contributed by atoms with Crippen molar-refractivity contribution in [1.29, 1.82) is 0 Å². The van der Waals surface area contributed by atoms with Gasteiger partial charge in [0.15, 0.2) is 5.11 Å². The molecule has 0 radical (unpaired) electrons. The molecule has 1 rings (SSSR count). The molecule has 70 valence electrons. The van der Waals surface area contributed by atoms with Crippen LogP contribution in [0.15, 0.2) is 18.2 Å². The van der Waals surface area contributed by atoms with Gasteiger partial charge in [-0.1, -0.05) is 29.3 Å². The van der Waals surface area contributed by atoms with E-state index in [9.17, 15) is 0 Å². The summed E-state index contributed by atoms with van der Waals surface area (Å²) in [6.07, 6.45) is 0. The maximum absolute atomic E-state index is 5.81. The second-order valence-corrected chi connectivity index (χ2v) is 3.72. The number of benzene rings is 1. The zero-order chi connectivity index (χ0) is 9.84. The van der Waals surface area contributed by atoms with Crippen molar-refractivity contribution in [2.24, 2.45) is 5.73 Å². The van der Waals surface area contributed by atoms with Crippen LogP contribution in [0.2, 0.25) is 10.0 Å². The van der Waals surface area contributed by atoms with Crippen LogP contribution in [0.5, 0.6) is 0 Å². The topological polar surface area (TPSA) is 38.0 Å². The molecule has 0 atom stereocenters. The predicted octanol–water partition coefficient (Wildman–Crippen LogP) is 2.33. The number of hydrogen-bond donors (Lipinski definition) is 2. The molecule has 0 saturated carbocycles. The van der Waals surface area contributed by atoms with Gasteiger partial charge in [0.2, 0.25) is 0 Å². The van der Waals surface area contributed by atoms with E-state index >= 15 is 0 Å². The van der Waals surface area contributed by atoms with E-state index in [1.807, 2.05) is 6.07 Å². The molecule has 0 aliphatic rings. The summed E-state index contributed by atoms with van der Waals surface area (Å²) < 4.78 is 0. The summed E-state index contributed by atoms with van der Waals surface area (Å²) in [6, 6.07) is 5.37. The minimum Gasteiger partial charge on any atom is -0.376 e. The van der Waals surface area contributed by atoms with Gasteiger partial charge in [0, 0.05) is 6.54 Å². The van der Waals surface area contributed by atoms with E-state index in [0.29, 0.717) is 16.6 Å². The van der Waals surface area contributed by atoms with E-state index in [2.05, 4.69) is 17.5 Å². The Bertz CT molecular complexity index is 328. The van der Waals surface area contributed by atoms with Gasteiger partial charge in [0.05, 0.1) is 10.0 Å². The Labute approximate surface area is 92.0 Å². The van der Waals surface area contributed by atoms with Crippen molar-refractivity contribution in [2.45, 2.75) is 6.54 Å². The number of thiocarbonyl (C=S) groups is 1. The smallest absolute Gasteiger partial charge is 0.163 e. The Morgan fingerprint density at radius 1 is 1.38 bits per heavy atom. The highest BCUT2D eigenvalue weighted by molar-refractivity contribution is 7.80. The van der Waals surface area contributed by atoms with Gasteiger partial charge in [-0.3, -0.25) is 0 Å². The Morgan fingerprint density at radius 2 is 2.08 bits per heavy atom. The van der Waals surface area contributed by atoms with E-state index in [1.165, 1.54) is 0 Å². The van der Waals surface area contributed by atoms with Gasteiger partial charge in [0.25, 0.3) is 0 Å². The summed E-state index contributed by atoms with van der Waals surface area (Å²) in [7, 11) is 0. The quantitative estimate of drug-likeness (QED) is 0.772. The predicted molar refractivity (Wildman–Crippen MR) is 60.1 cm³/mol. The molecule has 0 amide bonds. The average molecular weight is 235 g/mol. The van der Waals surface area contributed by atoms with Crippen molar-refractivity contribution in [2.75, 3.05) is 0 Å². The standard InChI is InChI=1S/C8H8Cl2N2S/c9-6-2-1-5(3-7(6)10)4-12-8(11)13/h1-3H,4H2,(H3,11,12,13). The third-order valence-corrected chi connectivity index (χ3v) is 2.33. The van der Waals surface area contributed by atoms with Gasteiger partial charge in [-0.2, -0.15) is 0 Å². The highest BCUT2D eigenvalue weighted by atomic mass is 35.5. The second-order valence-electron chi connectivity index (χ2n) is 2.47. The molecular weight excluding hydrogens is 227 g/mol. The first-order valence-corrected chi connectivity index (χ1v) is 4.73. The largest absolute Gasteiger partial charge is 0.376 e. The van der Waals surface area contributed by atoms with E-state index in [4.69, 9.17) is 28.9 Å². The van der Waals surface area contributed by atoms with Gasteiger partial charge in [-0.25, -0.2) is 0 Å². The second kappa shape index (κ2) is 4.65. The maximum atomic E-state index is 5.81. The average Bonchev–Trinajstić information content (AvgIpc) is 2.07. The monoisotopic (exact) mass is 234 g/mol. The van der Waals surface area contributed by atoms with E-state index in [1.54, 1.807) is 12.1 Å². The fourth-order valence-corrected chi connectivity index (χ4v) is 1.23. The van der Waals surface area contributed by atoms with Gasteiger partial charge >= 0.3 is 0 Å². The van der Waals surface area contributed by atoms with Crippen LogP contribution in [0, 0.1) is 0 Å². The summed E-state index contributed by atoms with van der Waals surface area (Å²) in [5.74, 6) is 0. The molecule has 0 unspecified atom stereocenters. The SMILES string of the molecule is NC(=S)NCc1ccc(Cl)c(Cl)c1. The van der Waals surface area contributed by atoms with Gasteiger partial charge < -0.3 is 11.1 Å². The minimum absolute atomic E-state index is 0.270. The first-order valence-electron chi connectivity index (χ1n) is 3.57. The normalized spacial score (nSPS) is 9.69. The molecule has 0 heterocycles. The lowest BCUT2D eigenvalue weighted by Gasteiger charge is -2.04. The summed E-state index contributed by atoms with van der Waals surface area (Å²) in [6.45, 7) is 0.562. The van der Waals surface area contributed by atoms with Crippen molar-refractivity contribution in [3.63, 3.8) is 0 Å². The molecule has 1 aromatic carbocycles. The van der Waals surface area contributed by atoms with Gasteiger partial charge in [-0.15, -0.1) is 0 Å². The first kappa shape index (κ1) is 10.6. The molecule has 3 N–H and O–H groups in total. The van der Waals surface area contributed by atoms with E-state index in [0.717, 1.165) is 5.56 Å². The lowest BCUT2D eigenvalue weighted by molar-refractivity contribution is 0.920. The Hall–Kier alpha value is -0.510. The van der Waals surface area contributed by atoms with Crippen LogP contribution in [0.3, 0.4) is 0 Å². The van der Waals surface area contributed by atoms with Crippen LogP contribution in [0.4, 0.5) is 0 Å². The van der Waals surface area contributed by atoms with Crippen LogP contribution in [-0.4, -0.2) is 5.11 Å². The number of nitrogens with two attached hydrogens (primary N) is 1. The molecule has 1 aromatic rings. The molecule has 5 heteroatoms. The highest BCUT2D eigenvalue weighted by Gasteiger charge is 1.98. The third-order valence-electron chi connectivity index (χ3n) is 1.45. The van der Waals surface area contributed by atoms with E-state index < -0.39 is 0 Å². The third kappa shape index (κ3) is 3.38. The van der Waals surface area contributed by atoms with Crippen LogP contribution in [0.1, 0.15) is 5.56 Å². The molecule has 2 nitrogen and oxygen atoms in total. The van der Waals surface area contributed by atoms with Crippen molar-refractivity contribution < 1.29 is 0 Å². The number of hydrogen-bond acceptors (Lipinski definition) is 1. The van der Waals surface area contributed by atoms with Crippen LogP contribution in [-0.2, 0) is 6.54 Å². The lowest BCUT2D eigenvalue weighted by atomic mass is 10.2. The maximum Gasteiger partial charge on any atom is 0.163 e. The fraction of sp³-hybridized carbons (Fsp3) is 0.125. The Kier molecular flexibility index (Phi) is 3.78. The Morgan fingerprint density at radius 3 is 2.62 bits per heavy atom. The Balaban J connectivity index is 2.68. The van der Waals surface area contributed by atoms with Crippen LogP contribution < -0.4 is 11.1 Å². The number of halogens is 2. The van der Waals surface area contributed by atoms with Crippen molar-refractivity contribution in [3.8, 4) is 0 Å². The fourth-order valence-electron chi connectivity index (χ4n) is 0.839. The molecule has 0 aliphatic heterocycles. The lowest BCUT2D eigenvalue weighted by Crippen LogP contribution is -2.28. The minimum atomic E-state index is 0.270. The summed E-state index contributed by atoms with van der Waals surface area (Å²) in [4.78, 5) is 0. The zero-order valence-corrected chi connectivity index (χ0v) is 9.01. The summed E-state index contributed by atoms with van der Waals surface area (Å²) >= 11 is 16.2. The molecule has 0 aliphatic carbocycles. The highest BCUT2D eigenvalue weighted by Crippen LogP contribution is 2.22. The molecule has 0 spiro atoms. The zero-order valence-electron chi connectivity index (χ0n) is 6.68. The van der Waals surface area contributed by atoms with Gasteiger partial charge in [-0.05, 0) is 29.9 Å². The van der Waals surface area contributed by atoms with Crippen molar-refractivity contribution in [3.05, 3.63) is 33.8 Å². The molecule has 0 bridgehead atoms. The van der Waals surface area contributed by atoms with Crippen molar-refractivity contribution >= 4 is 40.5 Å². The molecular formula is C8H8Cl2N2S. The number of rotatable bonds is 2. The van der Waals surface area contributed by atoms with Crippen LogP contribution >= 0.6 is 35.4 Å². The van der Waals surface area contributed by atoms with Gasteiger partial charge in [0.1, 0.15) is 0 Å².